The number of aliphatic carboxylic acids is 1. The molecule has 0 aliphatic heterocycles. The summed E-state index contributed by atoms with van der Waals surface area (Å²) < 4.78 is 0. The van der Waals surface area contributed by atoms with Crippen molar-refractivity contribution in [3.63, 3.8) is 0 Å². The molecule has 2 rings (SSSR count). The van der Waals surface area contributed by atoms with E-state index in [0.717, 1.165) is 12.5 Å². The maximum atomic E-state index is 11.8. The first-order valence-corrected chi connectivity index (χ1v) is 7.96. The summed E-state index contributed by atoms with van der Waals surface area (Å²) in [6, 6.07) is -0.234. The van der Waals surface area contributed by atoms with Gasteiger partial charge in [-0.3, -0.25) is 4.79 Å². The Balaban J connectivity index is 1.70. The number of carboxylic acids is 1. The van der Waals surface area contributed by atoms with Gasteiger partial charge in [0.05, 0.1) is 5.92 Å². The number of carboxylic acid groups (broad SMARTS) is 1. The molecule has 0 aromatic rings. The molecule has 1 atom stereocenters. The van der Waals surface area contributed by atoms with Gasteiger partial charge in [-0.05, 0) is 48.9 Å². The summed E-state index contributed by atoms with van der Waals surface area (Å²) in [6.45, 7) is 6.95. The molecule has 1 unspecified atom stereocenters. The molecule has 0 aromatic heterocycles. The van der Waals surface area contributed by atoms with Gasteiger partial charge in [0.2, 0.25) is 0 Å². The van der Waals surface area contributed by atoms with E-state index in [4.69, 9.17) is 0 Å². The SMILES string of the molecule is CC(C)(C)CC(CNC(=O)NCC1(C2CC2)CC1)C(=O)O. The Hall–Kier alpha value is -1.26. The lowest BCUT2D eigenvalue weighted by Gasteiger charge is -2.23. The van der Waals surface area contributed by atoms with E-state index >= 15 is 0 Å². The molecule has 0 aromatic carbocycles. The van der Waals surface area contributed by atoms with Crippen molar-refractivity contribution in [3.8, 4) is 0 Å². The molecule has 0 spiro atoms. The van der Waals surface area contributed by atoms with Crippen LogP contribution in [-0.4, -0.2) is 30.2 Å². The van der Waals surface area contributed by atoms with Crippen molar-refractivity contribution >= 4 is 12.0 Å². The van der Waals surface area contributed by atoms with E-state index < -0.39 is 11.9 Å². The molecule has 2 fully saturated rings. The summed E-state index contributed by atoms with van der Waals surface area (Å²) in [6.07, 6.45) is 5.60. The van der Waals surface area contributed by atoms with Crippen LogP contribution in [0.15, 0.2) is 0 Å². The topological polar surface area (TPSA) is 78.4 Å². The summed E-state index contributed by atoms with van der Waals surface area (Å²) >= 11 is 0. The fraction of sp³-hybridized carbons (Fsp3) is 0.875. The lowest BCUT2D eigenvalue weighted by Crippen LogP contribution is -2.43. The number of nitrogens with one attached hydrogen (secondary N) is 2. The lowest BCUT2D eigenvalue weighted by atomic mass is 9.84. The van der Waals surface area contributed by atoms with E-state index in [0.29, 0.717) is 11.8 Å². The van der Waals surface area contributed by atoms with Crippen molar-refractivity contribution in [3.05, 3.63) is 0 Å². The number of carbonyl (C=O) groups is 2. The quantitative estimate of drug-likeness (QED) is 0.675. The van der Waals surface area contributed by atoms with Gasteiger partial charge in [-0.15, -0.1) is 0 Å². The number of hydrogen-bond acceptors (Lipinski definition) is 2. The van der Waals surface area contributed by atoms with Crippen LogP contribution in [0.1, 0.15) is 52.9 Å². The Bertz CT molecular complexity index is 406. The van der Waals surface area contributed by atoms with Crippen LogP contribution >= 0.6 is 0 Å². The van der Waals surface area contributed by atoms with Crippen molar-refractivity contribution in [2.24, 2.45) is 22.7 Å². The minimum absolute atomic E-state index is 0.0642. The van der Waals surface area contributed by atoms with Crippen molar-refractivity contribution < 1.29 is 14.7 Å². The van der Waals surface area contributed by atoms with Crippen molar-refractivity contribution in [2.75, 3.05) is 13.1 Å². The molecule has 2 aliphatic rings. The van der Waals surface area contributed by atoms with E-state index in [9.17, 15) is 14.7 Å². The van der Waals surface area contributed by atoms with Crippen LogP contribution in [-0.2, 0) is 4.79 Å². The summed E-state index contributed by atoms with van der Waals surface area (Å²) in [7, 11) is 0. The van der Waals surface area contributed by atoms with Gasteiger partial charge in [0.25, 0.3) is 0 Å². The third kappa shape index (κ3) is 4.90. The lowest BCUT2D eigenvalue weighted by molar-refractivity contribution is -0.142. The van der Waals surface area contributed by atoms with Gasteiger partial charge in [0.1, 0.15) is 0 Å². The van der Waals surface area contributed by atoms with Gasteiger partial charge >= 0.3 is 12.0 Å². The highest BCUT2D eigenvalue weighted by Crippen LogP contribution is 2.60. The zero-order valence-electron chi connectivity index (χ0n) is 13.4. The fourth-order valence-electron chi connectivity index (χ4n) is 3.11. The van der Waals surface area contributed by atoms with Gasteiger partial charge in [-0.2, -0.15) is 0 Å². The molecule has 5 heteroatoms. The Morgan fingerprint density at radius 3 is 2.29 bits per heavy atom. The average Bonchev–Trinajstić information content (AvgIpc) is 3.23. The van der Waals surface area contributed by atoms with Crippen LogP contribution < -0.4 is 10.6 Å². The first-order valence-electron chi connectivity index (χ1n) is 7.96. The monoisotopic (exact) mass is 296 g/mol. The van der Waals surface area contributed by atoms with E-state index in [1.165, 1.54) is 25.7 Å². The van der Waals surface area contributed by atoms with Crippen molar-refractivity contribution in [1.82, 2.24) is 10.6 Å². The Labute approximate surface area is 126 Å². The number of amides is 2. The third-order valence-electron chi connectivity index (χ3n) is 4.65. The second-order valence-corrected chi connectivity index (χ2v) is 8.00. The summed E-state index contributed by atoms with van der Waals surface area (Å²) in [4.78, 5) is 23.1. The van der Waals surface area contributed by atoms with Gasteiger partial charge in [0, 0.05) is 13.1 Å². The van der Waals surface area contributed by atoms with Crippen molar-refractivity contribution in [1.29, 1.82) is 0 Å². The molecule has 21 heavy (non-hydrogen) atoms. The molecule has 5 nitrogen and oxygen atoms in total. The molecule has 2 amide bonds. The highest BCUT2D eigenvalue weighted by molar-refractivity contribution is 5.76. The second-order valence-electron chi connectivity index (χ2n) is 8.00. The predicted molar refractivity (Wildman–Crippen MR) is 81.0 cm³/mol. The Morgan fingerprint density at radius 1 is 1.24 bits per heavy atom. The minimum atomic E-state index is -0.845. The maximum Gasteiger partial charge on any atom is 0.314 e. The molecule has 0 saturated heterocycles. The number of rotatable bonds is 7. The number of hydrogen-bond donors (Lipinski definition) is 3. The van der Waals surface area contributed by atoms with Gasteiger partial charge in [0.15, 0.2) is 0 Å². The van der Waals surface area contributed by atoms with E-state index in [-0.39, 0.29) is 18.0 Å². The third-order valence-corrected chi connectivity index (χ3v) is 4.65. The molecule has 0 bridgehead atoms. The highest BCUT2D eigenvalue weighted by Gasteiger charge is 2.53. The van der Waals surface area contributed by atoms with Gasteiger partial charge in [-0.25, -0.2) is 4.79 Å². The van der Waals surface area contributed by atoms with Crippen LogP contribution in [0.25, 0.3) is 0 Å². The van der Waals surface area contributed by atoms with Gasteiger partial charge in [-0.1, -0.05) is 20.8 Å². The van der Waals surface area contributed by atoms with Crippen LogP contribution in [0.2, 0.25) is 0 Å². The molecular weight excluding hydrogens is 268 g/mol. The zero-order chi connectivity index (χ0) is 15.7. The molecule has 120 valence electrons. The standard InChI is InChI=1S/C16H28N2O3/c1-15(2,3)8-11(13(19)20)9-17-14(21)18-10-16(6-7-16)12-4-5-12/h11-12H,4-10H2,1-3H3,(H,19,20)(H2,17,18,21). The molecule has 3 N–H and O–H groups in total. The largest absolute Gasteiger partial charge is 0.481 e. The first kappa shape index (κ1) is 16.1. The van der Waals surface area contributed by atoms with E-state index in [2.05, 4.69) is 10.6 Å². The number of urea groups is 1. The summed E-state index contributed by atoms with van der Waals surface area (Å²) in [5.74, 6) is -0.568. The zero-order valence-corrected chi connectivity index (χ0v) is 13.4. The highest BCUT2D eigenvalue weighted by atomic mass is 16.4. The number of carbonyl (C=O) groups excluding carboxylic acids is 1. The average molecular weight is 296 g/mol. The minimum Gasteiger partial charge on any atom is -0.481 e. The van der Waals surface area contributed by atoms with Crippen molar-refractivity contribution in [2.45, 2.75) is 52.9 Å². The van der Waals surface area contributed by atoms with Crippen LogP contribution in [0, 0.1) is 22.7 Å². The normalized spacial score (nSPS) is 21.5. The predicted octanol–water partition coefficient (Wildman–Crippen LogP) is 2.61. The Kier molecular flexibility index (Phi) is 4.49. The van der Waals surface area contributed by atoms with Crippen LogP contribution in [0.5, 0.6) is 0 Å². The molecule has 2 aliphatic carbocycles. The second kappa shape index (κ2) is 5.85. The fourth-order valence-corrected chi connectivity index (χ4v) is 3.11. The molecule has 2 saturated carbocycles. The summed E-state index contributed by atoms with van der Waals surface area (Å²) in [5, 5.41) is 14.9. The smallest absolute Gasteiger partial charge is 0.314 e. The first-order chi connectivity index (χ1) is 9.72. The molecule has 0 radical (unpaired) electrons. The molecular formula is C16H28N2O3. The van der Waals surface area contributed by atoms with Crippen LogP contribution in [0.3, 0.4) is 0 Å². The van der Waals surface area contributed by atoms with E-state index in [1.54, 1.807) is 0 Å². The maximum absolute atomic E-state index is 11.8. The summed E-state index contributed by atoms with van der Waals surface area (Å²) in [5.41, 5.74) is 0.306. The van der Waals surface area contributed by atoms with Gasteiger partial charge < -0.3 is 15.7 Å². The van der Waals surface area contributed by atoms with E-state index in [1.807, 2.05) is 20.8 Å². The van der Waals surface area contributed by atoms with Crippen LogP contribution in [0.4, 0.5) is 4.79 Å². The Morgan fingerprint density at radius 2 is 1.86 bits per heavy atom. The molecule has 0 heterocycles.